The third-order valence-electron chi connectivity index (χ3n) is 2.54. The Morgan fingerprint density at radius 2 is 1.89 bits per heavy atom. The van der Waals surface area contributed by atoms with Crippen molar-refractivity contribution in [1.82, 2.24) is 0 Å². The first-order valence-corrected chi connectivity index (χ1v) is 6.53. The SMILES string of the molecule is C=CC(=O)OCC(CCC)CCCCC.O=CO. The summed E-state index contributed by atoms with van der Waals surface area (Å²) in [6.07, 6.45) is 8.46. The van der Waals surface area contributed by atoms with Gasteiger partial charge < -0.3 is 9.84 Å². The fourth-order valence-electron chi connectivity index (χ4n) is 1.66. The lowest BCUT2D eigenvalue weighted by molar-refractivity contribution is -0.139. The molecule has 0 aromatic rings. The van der Waals surface area contributed by atoms with Crippen LogP contribution in [0.3, 0.4) is 0 Å². The van der Waals surface area contributed by atoms with Gasteiger partial charge in [0, 0.05) is 6.08 Å². The third-order valence-corrected chi connectivity index (χ3v) is 2.54. The molecule has 0 aliphatic heterocycles. The summed E-state index contributed by atoms with van der Waals surface area (Å²) in [4.78, 5) is 19.3. The van der Waals surface area contributed by atoms with Crippen LogP contribution in [0.2, 0.25) is 0 Å². The van der Waals surface area contributed by atoms with Crippen molar-refractivity contribution >= 4 is 12.4 Å². The van der Waals surface area contributed by atoms with Crippen molar-refractivity contribution in [2.75, 3.05) is 6.61 Å². The molecule has 0 rings (SSSR count). The molecule has 18 heavy (non-hydrogen) atoms. The van der Waals surface area contributed by atoms with Crippen LogP contribution in [0.15, 0.2) is 12.7 Å². The quantitative estimate of drug-likeness (QED) is 0.298. The number of carbonyl (C=O) groups excluding carboxylic acids is 1. The second kappa shape index (κ2) is 15.7. The Morgan fingerprint density at radius 3 is 2.33 bits per heavy atom. The zero-order chi connectivity index (χ0) is 14.2. The van der Waals surface area contributed by atoms with Crippen LogP contribution in [-0.2, 0) is 14.3 Å². The summed E-state index contributed by atoms with van der Waals surface area (Å²) in [5, 5.41) is 6.89. The topological polar surface area (TPSA) is 63.6 Å². The lowest BCUT2D eigenvalue weighted by Gasteiger charge is -2.15. The molecule has 0 bridgehead atoms. The van der Waals surface area contributed by atoms with E-state index in [1.165, 1.54) is 31.8 Å². The summed E-state index contributed by atoms with van der Waals surface area (Å²) in [5.74, 6) is 0.233. The van der Waals surface area contributed by atoms with Gasteiger partial charge in [0.05, 0.1) is 6.61 Å². The number of esters is 1. The van der Waals surface area contributed by atoms with Crippen LogP contribution in [0.4, 0.5) is 0 Å². The summed E-state index contributed by atoms with van der Waals surface area (Å²) in [7, 11) is 0. The van der Waals surface area contributed by atoms with Crippen molar-refractivity contribution < 1.29 is 19.4 Å². The van der Waals surface area contributed by atoms with E-state index in [0.717, 1.165) is 12.8 Å². The lowest BCUT2D eigenvalue weighted by Crippen LogP contribution is -2.12. The van der Waals surface area contributed by atoms with Gasteiger partial charge in [-0.1, -0.05) is 46.1 Å². The van der Waals surface area contributed by atoms with Crippen molar-refractivity contribution in [3.8, 4) is 0 Å². The van der Waals surface area contributed by atoms with Crippen molar-refractivity contribution in [1.29, 1.82) is 0 Å². The molecule has 4 heteroatoms. The van der Waals surface area contributed by atoms with Crippen LogP contribution in [0.5, 0.6) is 0 Å². The largest absolute Gasteiger partial charge is 0.483 e. The summed E-state index contributed by atoms with van der Waals surface area (Å²) in [6, 6.07) is 0. The minimum atomic E-state index is -0.299. The number of rotatable bonds is 9. The van der Waals surface area contributed by atoms with E-state index in [-0.39, 0.29) is 12.4 Å². The fraction of sp³-hybridized carbons (Fsp3) is 0.714. The monoisotopic (exact) mass is 258 g/mol. The average molecular weight is 258 g/mol. The Hall–Kier alpha value is -1.32. The zero-order valence-corrected chi connectivity index (χ0v) is 11.6. The van der Waals surface area contributed by atoms with Crippen LogP contribution in [-0.4, -0.2) is 24.2 Å². The minimum Gasteiger partial charge on any atom is -0.483 e. The number of ether oxygens (including phenoxy) is 1. The highest BCUT2D eigenvalue weighted by molar-refractivity contribution is 5.81. The van der Waals surface area contributed by atoms with Gasteiger partial charge >= 0.3 is 5.97 Å². The van der Waals surface area contributed by atoms with Crippen LogP contribution < -0.4 is 0 Å². The molecule has 0 amide bonds. The van der Waals surface area contributed by atoms with Crippen LogP contribution in [0.25, 0.3) is 0 Å². The van der Waals surface area contributed by atoms with E-state index >= 15 is 0 Å². The van der Waals surface area contributed by atoms with E-state index in [0.29, 0.717) is 12.5 Å². The second-order valence-electron chi connectivity index (χ2n) is 4.09. The van der Waals surface area contributed by atoms with Gasteiger partial charge in [-0.15, -0.1) is 0 Å². The molecule has 0 aromatic heterocycles. The highest BCUT2D eigenvalue weighted by Crippen LogP contribution is 2.16. The molecule has 4 nitrogen and oxygen atoms in total. The molecule has 0 radical (unpaired) electrons. The van der Waals surface area contributed by atoms with E-state index < -0.39 is 0 Å². The van der Waals surface area contributed by atoms with E-state index in [2.05, 4.69) is 20.4 Å². The van der Waals surface area contributed by atoms with Gasteiger partial charge in [0.25, 0.3) is 6.47 Å². The first-order chi connectivity index (χ1) is 8.65. The molecule has 0 heterocycles. The van der Waals surface area contributed by atoms with E-state index in [1.54, 1.807) is 0 Å². The number of carbonyl (C=O) groups is 2. The predicted molar refractivity (Wildman–Crippen MR) is 72.4 cm³/mol. The standard InChI is InChI=1S/C13H24O2.CH2O2/c1-4-7-8-10-12(9-5-2)11-15-13(14)6-3;2-1-3/h6,12H,3-5,7-11H2,1-2H3;1H,(H,2,3). The normalized spacial score (nSPS) is 10.8. The van der Waals surface area contributed by atoms with E-state index in [4.69, 9.17) is 14.6 Å². The van der Waals surface area contributed by atoms with Crippen molar-refractivity contribution in [2.45, 2.75) is 52.4 Å². The minimum absolute atomic E-state index is 0.250. The van der Waals surface area contributed by atoms with Gasteiger partial charge in [-0.3, -0.25) is 4.79 Å². The molecule has 1 N–H and O–H groups in total. The van der Waals surface area contributed by atoms with Gasteiger partial charge in [-0.25, -0.2) is 4.79 Å². The fourth-order valence-corrected chi connectivity index (χ4v) is 1.66. The summed E-state index contributed by atoms with van der Waals surface area (Å²) >= 11 is 0. The second-order valence-corrected chi connectivity index (χ2v) is 4.09. The zero-order valence-electron chi connectivity index (χ0n) is 11.6. The van der Waals surface area contributed by atoms with Crippen molar-refractivity contribution in [3.05, 3.63) is 12.7 Å². The Balaban J connectivity index is 0. The third kappa shape index (κ3) is 14.7. The summed E-state index contributed by atoms with van der Waals surface area (Å²) < 4.78 is 5.08. The Kier molecular flexibility index (Phi) is 16.6. The van der Waals surface area contributed by atoms with Gasteiger partial charge in [-0.2, -0.15) is 0 Å². The molecule has 0 aromatic carbocycles. The van der Waals surface area contributed by atoms with Gasteiger partial charge in [0.1, 0.15) is 0 Å². The molecule has 1 atom stereocenters. The molecule has 1 unspecified atom stereocenters. The van der Waals surface area contributed by atoms with Crippen molar-refractivity contribution in [2.24, 2.45) is 5.92 Å². The number of unbranched alkanes of at least 4 members (excludes halogenated alkanes) is 2. The molecular weight excluding hydrogens is 232 g/mol. The lowest BCUT2D eigenvalue weighted by atomic mass is 9.97. The Bertz CT molecular complexity index is 214. The van der Waals surface area contributed by atoms with Crippen LogP contribution in [0.1, 0.15) is 52.4 Å². The van der Waals surface area contributed by atoms with Crippen LogP contribution >= 0.6 is 0 Å². The molecule has 0 saturated carbocycles. The molecule has 106 valence electrons. The maximum absolute atomic E-state index is 10.9. The summed E-state index contributed by atoms with van der Waals surface area (Å²) in [6.45, 7) is 8.06. The number of hydrogen-bond donors (Lipinski definition) is 1. The summed E-state index contributed by atoms with van der Waals surface area (Å²) in [5.41, 5.74) is 0. The highest BCUT2D eigenvalue weighted by atomic mass is 16.5. The molecule has 0 aliphatic rings. The Labute approximate surface area is 110 Å². The first kappa shape index (κ1) is 19.0. The van der Waals surface area contributed by atoms with Gasteiger partial charge in [-0.05, 0) is 18.8 Å². The molecule has 0 saturated heterocycles. The average Bonchev–Trinajstić information content (AvgIpc) is 2.36. The van der Waals surface area contributed by atoms with Gasteiger partial charge in [0.15, 0.2) is 0 Å². The predicted octanol–water partition coefficient (Wildman–Crippen LogP) is 3.41. The maximum Gasteiger partial charge on any atom is 0.330 e. The van der Waals surface area contributed by atoms with Gasteiger partial charge in [0.2, 0.25) is 0 Å². The van der Waals surface area contributed by atoms with Crippen molar-refractivity contribution in [3.63, 3.8) is 0 Å². The number of carboxylic acid groups (broad SMARTS) is 1. The molecule has 0 spiro atoms. The Morgan fingerprint density at radius 1 is 1.28 bits per heavy atom. The molecular formula is C14H26O4. The van der Waals surface area contributed by atoms with Crippen LogP contribution in [0, 0.1) is 5.92 Å². The molecule has 0 aliphatic carbocycles. The smallest absolute Gasteiger partial charge is 0.330 e. The first-order valence-electron chi connectivity index (χ1n) is 6.53. The van der Waals surface area contributed by atoms with E-state index in [9.17, 15) is 4.79 Å². The number of hydrogen-bond acceptors (Lipinski definition) is 3. The molecule has 0 fully saturated rings. The van der Waals surface area contributed by atoms with E-state index in [1.807, 2.05) is 0 Å². The highest BCUT2D eigenvalue weighted by Gasteiger charge is 2.09. The maximum atomic E-state index is 10.9.